The third-order valence-corrected chi connectivity index (χ3v) is 5.16. The van der Waals surface area contributed by atoms with E-state index in [1.165, 1.54) is 0 Å². The van der Waals surface area contributed by atoms with E-state index >= 15 is 0 Å². The van der Waals surface area contributed by atoms with Crippen molar-refractivity contribution in [3.8, 4) is 11.3 Å². The molecule has 3 aromatic heterocycles. The molecule has 0 aliphatic heterocycles. The molecule has 0 saturated carbocycles. The fourth-order valence-corrected chi connectivity index (χ4v) is 3.49. The first kappa shape index (κ1) is 19.9. The second kappa shape index (κ2) is 8.14. The van der Waals surface area contributed by atoms with Gasteiger partial charge in [0.05, 0.1) is 28.8 Å². The van der Waals surface area contributed by atoms with Crippen molar-refractivity contribution in [2.24, 2.45) is 0 Å². The molecular formula is C24H25N5O. The third kappa shape index (κ3) is 3.99. The highest BCUT2D eigenvalue weighted by Crippen LogP contribution is 2.31. The number of ketones is 1. The number of pyridine rings is 1. The Hall–Kier alpha value is -3.41. The Morgan fingerprint density at radius 1 is 1.00 bits per heavy atom. The smallest absolute Gasteiger partial charge is 0.163 e. The lowest BCUT2D eigenvalue weighted by Gasteiger charge is -2.11. The van der Waals surface area contributed by atoms with Gasteiger partial charge in [0, 0.05) is 47.6 Å². The summed E-state index contributed by atoms with van der Waals surface area (Å²) in [6.07, 6.45) is 8.11. The molecule has 0 spiro atoms. The molecule has 0 aliphatic rings. The van der Waals surface area contributed by atoms with Crippen LogP contribution in [-0.4, -0.2) is 30.5 Å². The minimum atomic E-state index is 0.0733. The average Bonchev–Trinajstić information content (AvgIpc) is 3.17. The maximum atomic E-state index is 13.1. The van der Waals surface area contributed by atoms with Crippen LogP contribution in [0.5, 0.6) is 0 Å². The largest absolute Gasteiger partial charge is 0.294 e. The molecule has 3 heterocycles. The molecule has 0 saturated heterocycles. The van der Waals surface area contributed by atoms with Crippen molar-refractivity contribution in [1.82, 2.24) is 24.7 Å². The van der Waals surface area contributed by atoms with Crippen LogP contribution in [0, 0.1) is 13.8 Å². The minimum absolute atomic E-state index is 0.0733. The first-order valence-electron chi connectivity index (χ1n) is 10.2. The summed E-state index contributed by atoms with van der Waals surface area (Å²) in [5, 5.41) is 5.56. The van der Waals surface area contributed by atoms with Gasteiger partial charge >= 0.3 is 0 Å². The van der Waals surface area contributed by atoms with Gasteiger partial charge in [-0.1, -0.05) is 6.07 Å². The third-order valence-electron chi connectivity index (χ3n) is 5.16. The number of hydrogen-bond donors (Lipinski definition) is 0. The summed E-state index contributed by atoms with van der Waals surface area (Å²) in [5.41, 5.74) is 6.17. The first-order valence-corrected chi connectivity index (χ1v) is 10.2. The number of carbonyl (C=O) groups is 1. The standard InChI is InChI=1S/C24H25N5O/c1-15(2)29-23-10-18(24(30)8-6-19-13-25-17(4)12-26-19)9-20(21(23)14-28-29)22-7-5-16(3)11-27-22/h5,7,9-15H,6,8H2,1-4H3. The summed E-state index contributed by atoms with van der Waals surface area (Å²) in [4.78, 5) is 26.3. The van der Waals surface area contributed by atoms with Crippen molar-refractivity contribution in [3.63, 3.8) is 0 Å². The van der Waals surface area contributed by atoms with E-state index in [4.69, 9.17) is 0 Å². The number of aromatic nitrogens is 5. The van der Waals surface area contributed by atoms with Crippen LogP contribution in [0.3, 0.4) is 0 Å². The molecule has 4 rings (SSSR count). The summed E-state index contributed by atoms with van der Waals surface area (Å²) in [5.74, 6) is 0.0733. The monoisotopic (exact) mass is 399 g/mol. The Morgan fingerprint density at radius 3 is 2.50 bits per heavy atom. The van der Waals surface area contributed by atoms with Crippen LogP contribution in [0.4, 0.5) is 0 Å². The van der Waals surface area contributed by atoms with Gasteiger partial charge in [-0.2, -0.15) is 5.10 Å². The summed E-state index contributed by atoms with van der Waals surface area (Å²) in [6, 6.07) is 8.10. The summed E-state index contributed by atoms with van der Waals surface area (Å²) in [6.45, 7) is 8.08. The number of benzene rings is 1. The number of fused-ring (bicyclic) bond motifs is 1. The van der Waals surface area contributed by atoms with Gasteiger partial charge in [-0.25, -0.2) is 0 Å². The number of hydrogen-bond acceptors (Lipinski definition) is 5. The first-order chi connectivity index (χ1) is 14.4. The quantitative estimate of drug-likeness (QED) is 0.431. The molecule has 30 heavy (non-hydrogen) atoms. The van der Waals surface area contributed by atoms with E-state index < -0.39 is 0 Å². The van der Waals surface area contributed by atoms with E-state index in [2.05, 4.69) is 33.9 Å². The van der Waals surface area contributed by atoms with Gasteiger partial charge < -0.3 is 0 Å². The Kier molecular flexibility index (Phi) is 5.40. The van der Waals surface area contributed by atoms with Crippen LogP contribution in [-0.2, 0) is 6.42 Å². The van der Waals surface area contributed by atoms with Crippen molar-refractivity contribution in [2.45, 2.75) is 46.6 Å². The maximum Gasteiger partial charge on any atom is 0.163 e. The number of rotatable bonds is 6. The molecule has 0 amide bonds. The average molecular weight is 399 g/mol. The highest BCUT2D eigenvalue weighted by atomic mass is 16.1. The molecule has 0 radical (unpaired) electrons. The summed E-state index contributed by atoms with van der Waals surface area (Å²) < 4.78 is 1.95. The van der Waals surface area contributed by atoms with E-state index in [1.54, 1.807) is 12.4 Å². The van der Waals surface area contributed by atoms with E-state index in [0.29, 0.717) is 18.4 Å². The Bertz CT molecular complexity index is 1190. The molecule has 0 atom stereocenters. The highest BCUT2D eigenvalue weighted by molar-refractivity contribution is 6.04. The zero-order valence-electron chi connectivity index (χ0n) is 17.8. The molecule has 0 fully saturated rings. The Labute approximate surface area is 176 Å². The second-order valence-corrected chi connectivity index (χ2v) is 7.93. The SMILES string of the molecule is Cc1ccc(-c2cc(C(=O)CCc3cnc(C)cn3)cc3c2cnn3C(C)C)nc1. The summed E-state index contributed by atoms with van der Waals surface area (Å²) >= 11 is 0. The van der Waals surface area contributed by atoms with E-state index in [1.807, 2.05) is 55.2 Å². The van der Waals surface area contributed by atoms with Gasteiger partial charge in [-0.3, -0.25) is 24.4 Å². The minimum Gasteiger partial charge on any atom is -0.294 e. The molecule has 0 bridgehead atoms. The molecule has 6 nitrogen and oxygen atoms in total. The Morgan fingerprint density at radius 2 is 1.83 bits per heavy atom. The lowest BCUT2D eigenvalue weighted by atomic mass is 9.98. The molecule has 152 valence electrons. The number of aryl methyl sites for hydroxylation is 3. The number of carbonyl (C=O) groups excluding carboxylic acids is 1. The molecule has 4 aromatic rings. The topological polar surface area (TPSA) is 73.6 Å². The van der Waals surface area contributed by atoms with Crippen LogP contribution in [0.15, 0.2) is 49.1 Å². The summed E-state index contributed by atoms with van der Waals surface area (Å²) in [7, 11) is 0. The molecule has 0 unspecified atom stereocenters. The van der Waals surface area contributed by atoms with Gasteiger partial charge in [-0.05, 0) is 57.9 Å². The lowest BCUT2D eigenvalue weighted by molar-refractivity contribution is 0.0982. The van der Waals surface area contributed by atoms with Gasteiger partial charge in [0.2, 0.25) is 0 Å². The van der Waals surface area contributed by atoms with Crippen LogP contribution in [0.1, 0.15) is 53.6 Å². The maximum absolute atomic E-state index is 13.1. The van der Waals surface area contributed by atoms with Gasteiger partial charge in [0.25, 0.3) is 0 Å². The van der Waals surface area contributed by atoms with E-state index in [9.17, 15) is 4.79 Å². The zero-order valence-corrected chi connectivity index (χ0v) is 17.8. The second-order valence-electron chi connectivity index (χ2n) is 7.93. The molecule has 0 N–H and O–H groups in total. The van der Waals surface area contributed by atoms with Crippen molar-refractivity contribution in [3.05, 3.63) is 71.6 Å². The predicted octanol–water partition coefficient (Wildman–Crippen LogP) is 4.90. The molecule has 1 aromatic carbocycles. The van der Waals surface area contributed by atoms with E-state index in [0.717, 1.165) is 39.1 Å². The molecule has 0 aliphatic carbocycles. The van der Waals surface area contributed by atoms with Gasteiger partial charge in [0.1, 0.15) is 0 Å². The molecule has 6 heteroatoms. The van der Waals surface area contributed by atoms with Crippen molar-refractivity contribution < 1.29 is 4.79 Å². The van der Waals surface area contributed by atoms with Crippen LogP contribution < -0.4 is 0 Å². The van der Waals surface area contributed by atoms with Crippen molar-refractivity contribution >= 4 is 16.7 Å². The van der Waals surface area contributed by atoms with E-state index in [-0.39, 0.29) is 11.8 Å². The molecular weight excluding hydrogens is 374 g/mol. The lowest BCUT2D eigenvalue weighted by Crippen LogP contribution is -2.06. The van der Waals surface area contributed by atoms with Crippen LogP contribution >= 0.6 is 0 Å². The van der Waals surface area contributed by atoms with Gasteiger partial charge in [0.15, 0.2) is 5.78 Å². The predicted molar refractivity (Wildman–Crippen MR) is 118 cm³/mol. The normalized spacial score (nSPS) is 11.4. The highest BCUT2D eigenvalue weighted by Gasteiger charge is 2.17. The van der Waals surface area contributed by atoms with Gasteiger partial charge in [-0.15, -0.1) is 0 Å². The fraction of sp³-hybridized carbons (Fsp3) is 0.292. The Balaban J connectivity index is 1.73. The van der Waals surface area contributed by atoms with Crippen LogP contribution in [0.25, 0.3) is 22.2 Å². The number of nitrogens with zero attached hydrogens (tertiary/aromatic N) is 5. The fourth-order valence-electron chi connectivity index (χ4n) is 3.49. The van der Waals surface area contributed by atoms with Crippen molar-refractivity contribution in [2.75, 3.05) is 0 Å². The zero-order chi connectivity index (χ0) is 21.3. The number of Topliss-reactive ketones (excluding diaryl/α,β-unsaturated/α-hetero) is 1. The van der Waals surface area contributed by atoms with Crippen molar-refractivity contribution in [1.29, 1.82) is 0 Å². The van der Waals surface area contributed by atoms with Crippen LogP contribution in [0.2, 0.25) is 0 Å².